The van der Waals surface area contributed by atoms with Gasteiger partial charge in [-0.05, 0) is 52.0 Å². The van der Waals surface area contributed by atoms with Crippen molar-refractivity contribution >= 4 is 58.2 Å². The first kappa shape index (κ1) is 28.5. The molecule has 208 valence electrons. The molecule has 5 rings (SSSR count). The summed E-state index contributed by atoms with van der Waals surface area (Å²) in [6, 6.07) is 9.43. The van der Waals surface area contributed by atoms with Crippen LogP contribution in [0.3, 0.4) is 0 Å². The molecule has 0 spiro atoms. The molecule has 2 aromatic heterocycles. The molecule has 1 fully saturated rings. The van der Waals surface area contributed by atoms with E-state index in [1.54, 1.807) is 60.0 Å². The molecule has 40 heavy (non-hydrogen) atoms. The largest absolute Gasteiger partial charge is 0.360 e. The van der Waals surface area contributed by atoms with E-state index < -0.39 is 0 Å². The molecule has 3 heterocycles. The van der Waals surface area contributed by atoms with Gasteiger partial charge in [0.2, 0.25) is 0 Å². The molecule has 2 aromatic carbocycles. The highest BCUT2D eigenvalue weighted by Crippen LogP contribution is 2.39. The second kappa shape index (κ2) is 11.1. The van der Waals surface area contributed by atoms with Crippen LogP contribution in [0.25, 0.3) is 22.5 Å². The van der Waals surface area contributed by atoms with E-state index in [2.05, 4.69) is 10.3 Å². The van der Waals surface area contributed by atoms with Crippen molar-refractivity contribution in [3.63, 3.8) is 0 Å². The number of nitrogens with zero attached hydrogens (tertiary/aromatic N) is 4. The molecule has 2 amide bonds. The van der Waals surface area contributed by atoms with Crippen molar-refractivity contribution in [2.75, 3.05) is 13.1 Å². The van der Waals surface area contributed by atoms with E-state index in [0.717, 1.165) is 0 Å². The highest BCUT2D eigenvalue weighted by molar-refractivity contribution is 6.40. The summed E-state index contributed by atoms with van der Waals surface area (Å²) in [5, 5.41) is 9.63. The van der Waals surface area contributed by atoms with Gasteiger partial charge in [-0.1, -0.05) is 68.8 Å². The molecule has 1 aliphatic heterocycles. The van der Waals surface area contributed by atoms with Crippen molar-refractivity contribution in [3.05, 3.63) is 79.1 Å². The Morgan fingerprint density at radius 2 is 1.02 bits per heavy atom. The van der Waals surface area contributed by atoms with Crippen LogP contribution in [0.4, 0.5) is 0 Å². The van der Waals surface area contributed by atoms with Gasteiger partial charge in [-0.2, -0.15) is 0 Å². The molecule has 0 radical (unpaired) electrons. The third kappa shape index (κ3) is 4.87. The Morgan fingerprint density at radius 3 is 1.35 bits per heavy atom. The molecule has 0 bridgehead atoms. The number of carbonyl (C=O) groups is 2. The van der Waals surface area contributed by atoms with E-state index >= 15 is 0 Å². The second-order valence-corrected chi connectivity index (χ2v) is 11.4. The summed E-state index contributed by atoms with van der Waals surface area (Å²) in [6.45, 7) is 7.61. The quantitative estimate of drug-likeness (QED) is 0.233. The van der Waals surface area contributed by atoms with Crippen molar-refractivity contribution in [1.29, 1.82) is 0 Å². The van der Waals surface area contributed by atoms with Crippen molar-refractivity contribution in [2.24, 2.45) is 0 Å². The fraction of sp³-hybridized carbons (Fsp3) is 0.286. The lowest BCUT2D eigenvalue weighted by Gasteiger charge is -2.44. The lowest BCUT2D eigenvalue weighted by atomic mass is 10.00. The molecule has 0 N–H and O–H groups in total. The van der Waals surface area contributed by atoms with Gasteiger partial charge in [0.1, 0.15) is 34.0 Å². The number of amides is 2. The van der Waals surface area contributed by atoms with Gasteiger partial charge in [-0.15, -0.1) is 0 Å². The number of benzene rings is 2. The normalized spacial score (nSPS) is 17.4. The molecule has 1 aliphatic rings. The number of hydrogen-bond donors (Lipinski definition) is 0. The highest BCUT2D eigenvalue weighted by Gasteiger charge is 2.39. The number of carbonyl (C=O) groups excluding carboxylic acids is 2. The lowest BCUT2D eigenvalue weighted by Crippen LogP contribution is -2.59. The van der Waals surface area contributed by atoms with Gasteiger partial charge in [0.25, 0.3) is 11.8 Å². The highest BCUT2D eigenvalue weighted by atomic mass is 35.5. The van der Waals surface area contributed by atoms with Crippen LogP contribution in [0.2, 0.25) is 20.1 Å². The fourth-order valence-corrected chi connectivity index (χ4v) is 6.17. The van der Waals surface area contributed by atoms with Gasteiger partial charge in [-0.3, -0.25) is 9.59 Å². The smallest absolute Gasteiger partial charge is 0.260 e. The first-order chi connectivity index (χ1) is 19.0. The van der Waals surface area contributed by atoms with Crippen LogP contribution < -0.4 is 0 Å². The Balaban J connectivity index is 1.44. The zero-order chi connectivity index (χ0) is 28.9. The minimum Gasteiger partial charge on any atom is -0.360 e. The number of piperazine rings is 1. The van der Waals surface area contributed by atoms with Crippen molar-refractivity contribution in [2.45, 2.75) is 39.8 Å². The minimum absolute atomic E-state index is 0.262. The molecule has 12 heteroatoms. The van der Waals surface area contributed by atoms with E-state index in [1.165, 1.54) is 0 Å². The van der Waals surface area contributed by atoms with E-state index in [4.69, 9.17) is 55.4 Å². The molecule has 8 nitrogen and oxygen atoms in total. The van der Waals surface area contributed by atoms with E-state index in [1.807, 2.05) is 13.8 Å². The Bertz CT molecular complexity index is 1470. The van der Waals surface area contributed by atoms with Crippen molar-refractivity contribution in [3.8, 4) is 22.5 Å². The maximum absolute atomic E-state index is 13.9. The second-order valence-electron chi connectivity index (χ2n) is 9.73. The Hall–Kier alpha value is -3.04. The maximum Gasteiger partial charge on any atom is 0.260 e. The van der Waals surface area contributed by atoms with Gasteiger partial charge >= 0.3 is 0 Å². The van der Waals surface area contributed by atoms with Crippen LogP contribution in [0.5, 0.6) is 0 Å². The fourth-order valence-electron chi connectivity index (χ4n) is 5.02. The first-order valence-electron chi connectivity index (χ1n) is 12.4. The van der Waals surface area contributed by atoms with Gasteiger partial charge < -0.3 is 18.8 Å². The van der Waals surface area contributed by atoms with Crippen LogP contribution in [0, 0.1) is 13.8 Å². The topological polar surface area (TPSA) is 92.7 Å². The van der Waals surface area contributed by atoms with Gasteiger partial charge in [0, 0.05) is 36.3 Å². The summed E-state index contributed by atoms with van der Waals surface area (Å²) >= 11 is 25.7. The van der Waals surface area contributed by atoms with E-state index in [-0.39, 0.29) is 59.5 Å². The van der Waals surface area contributed by atoms with E-state index in [9.17, 15) is 9.59 Å². The van der Waals surface area contributed by atoms with Gasteiger partial charge in [0.05, 0.1) is 20.1 Å². The van der Waals surface area contributed by atoms with Crippen molar-refractivity contribution in [1.82, 2.24) is 20.1 Å². The zero-order valence-electron chi connectivity index (χ0n) is 22.0. The number of rotatable bonds is 4. The van der Waals surface area contributed by atoms with Crippen LogP contribution >= 0.6 is 46.4 Å². The third-order valence-corrected chi connectivity index (χ3v) is 8.32. The SMILES string of the molecule is Cc1onc(-c2c(Cl)cccc2Cl)c1C(=O)N1CC(C)N(C(=O)c2c(-c3c(Cl)cccc3Cl)noc2C)CC1C. The molecule has 4 aromatic rings. The molecule has 0 saturated carbocycles. The Labute approximate surface area is 250 Å². The molecule has 0 aliphatic carbocycles. The van der Waals surface area contributed by atoms with Crippen LogP contribution in [-0.4, -0.2) is 57.1 Å². The summed E-state index contributed by atoms with van der Waals surface area (Å²) in [5.41, 5.74) is 1.96. The minimum atomic E-state index is -0.343. The summed E-state index contributed by atoms with van der Waals surface area (Å²) in [7, 11) is 0. The van der Waals surface area contributed by atoms with Crippen molar-refractivity contribution < 1.29 is 18.6 Å². The predicted molar refractivity (Wildman–Crippen MR) is 154 cm³/mol. The first-order valence-corrected chi connectivity index (χ1v) is 14.0. The average molecular weight is 622 g/mol. The molecular formula is C28H24Cl4N4O4. The summed E-state index contributed by atoms with van der Waals surface area (Å²) in [5.74, 6) is 0.105. The summed E-state index contributed by atoms with van der Waals surface area (Å²) < 4.78 is 10.8. The average Bonchev–Trinajstić information content (AvgIpc) is 3.46. The molecule has 2 atom stereocenters. The van der Waals surface area contributed by atoms with E-state index in [0.29, 0.717) is 42.7 Å². The Morgan fingerprint density at radius 1 is 0.700 bits per heavy atom. The molecule has 2 unspecified atom stereocenters. The maximum atomic E-state index is 13.9. The predicted octanol–water partition coefficient (Wildman–Crippen LogP) is 7.60. The van der Waals surface area contributed by atoms with Crippen LogP contribution in [0.15, 0.2) is 45.4 Å². The monoisotopic (exact) mass is 620 g/mol. The number of halogens is 4. The Kier molecular flexibility index (Phi) is 7.90. The standard InChI is InChI=1S/C28H24Cl4N4O4/c1-13-11-36(28(38)22-16(4)40-34-26(22)24-19(31)9-6-10-20(24)32)14(2)12-35(13)27(37)21-15(3)39-33-25(21)23-17(29)7-5-8-18(23)30/h5-10,13-14H,11-12H2,1-4H3. The summed E-state index contributed by atoms with van der Waals surface area (Å²) in [4.78, 5) is 31.2. The number of aryl methyl sites for hydroxylation is 2. The van der Waals surface area contributed by atoms with Crippen LogP contribution in [0.1, 0.15) is 46.1 Å². The molecular weight excluding hydrogens is 598 g/mol. The molecule has 1 saturated heterocycles. The number of aromatic nitrogens is 2. The third-order valence-electron chi connectivity index (χ3n) is 7.06. The van der Waals surface area contributed by atoms with Gasteiger partial charge in [-0.25, -0.2) is 0 Å². The zero-order valence-corrected chi connectivity index (χ0v) is 25.0. The summed E-state index contributed by atoms with van der Waals surface area (Å²) in [6.07, 6.45) is 0. The number of hydrogen-bond acceptors (Lipinski definition) is 6. The lowest BCUT2D eigenvalue weighted by molar-refractivity contribution is 0.0268. The van der Waals surface area contributed by atoms with Crippen LogP contribution in [-0.2, 0) is 0 Å². The van der Waals surface area contributed by atoms with Gasteiger partial charge in [0.15, 0.2) is 0 Å².